The molecule has 0 aliphatic rings. The van der Waals surface area contributed by atoms with Crippen molar-refractivity contribution in [2.24, 2.45) is 0 Å². The van der Waals surface area contributed by atoms with E-state index in [1.807, 2.05) is 0 Å². The van der Waals surface area contributed by atoms with Crippen molar-refractivity contribution in [1.29, 1.82) is 0 Å². The molecular formula is C16H10O7. The Morgan fingerprint density at radius 3 is 1.70 bits per heavy atom. The van der Waals surface area contributed by atoms with E-state index in [9.17, 15) is 19.2 Å². The number of benzene rings is 2. The number of ether oxygens (including phenoxy) is 1. The van der Waals surface area contributed by atoms with E-state index < -0.39 is 23.9 Å². The number of carboxylic acids is 2. The lowest BCUT2D eigenvalue weighted by molar-refractivity contribution is 0.0396. The molecule has 0 heterocycles. The maximum absolute atomic E-state index is 11.8. The zero-order chi connectivity index (χ0) is 17.0. The highest BCUT2D eigenvalue weighted by atomic mass is 16.6. The minimum Gasteiger partial charge on any atom is -0.478 e. The van der Waals surface area contributed by atoms with Gasteiger partial charge in [0.25, 0.3) is 0 Å². The summed E-state index contributed by atoms with van der Waals surface area (Å²) < 4.78 is 4.64. The third kappa shape index (κ3) is 3.79. The van der Waals surface area contributed by atoms with Crippen molar-refractivity contribution in [3.05, 3.63) is 70.8 Å². The molecule has 0 radical (unpaired) electrons. The van der Waals surface area contributed by atoms with Crippen LogP contribution in [0.4, 0.5) is 0 Å². The molecule has 116 valence electrons. The topological polar surface area (TPSA) is 118 Å². The van der Waals surface area contributed by atoms with E-state index >= 15 is 0 Å². The van der Waals surface area contributed by atoms with E-state index in [0.29, 0.717) is 0 Å². The monoisotopic (exact) mass is 314 g/mol. The fraction of sp³-hybridized carbons (Fsp3) is 0. The molecule has 2 N–H and O–H groups in total. The maximum atomic E-state index is 11.8. The molecule has 0 saturated heterocycles. The highest BCUT2D eigenvalue weighted by Crippen LogP contribution is 2.10. The van der Waals surface area contributed by atoms with Crippen LogP contribution in [-0.4, -0.2) is 34.1 Å². The predicted molar refractivity (Wildman–Crippen MR) is 76.5 cm³/mol. The minimum absolute atomic E-state index is 0.00209. The molecule has 0 spiro atoms. The summed E-state index contributed by atoms with van der Waals surface area (Å²) in [7, 11) is 0. The number of rotatable bonds is 4. The van der Waals surface area contributed by atoms with Crippen molar-refractivity contribution in [2.45, 2.75) is 0 Å². The van der Waals surface area contributed by atoms with Crippen molar-refractivity contribution in [3.8, 4) is 0 Å². The third-order valence-electron chi connectivity index (χ3n) is 2.90. The lowest BCUT2D eigenvalue weighted by Crippen LogP contribution is -2.13. The van der Waals surface area contributed by atoms with Gasteiger partial charge >= 0.3 is 23.9 Å². The molecule has 0 aliphatic carbocycles. The molecule has 0 aliphatic heterocycles. The molecule has 0 fully saturated rings. The first-order valence-electron chi connectivity index (χ1n) is 6.31. The van der Waals surface area contributed by atoms with E-state index in [4.69, 9.17) is 10.2 Å². The van der Waals surface area contributed by atoms with Crippen LogP contribution >= 0.6 is 0 Å². The van der Waals surface area contributed by atoms with E-state index in [-0.39, 0.29) is 22.3 Å². The molecule has 2 rings (SSSR count). The highest BCUT2D eigenvalue weighted by Gasteiger charge is 2.16. The van der Waals surface area contributed by atoms with Crippen LogP contribution in [0.1, 0.15) is 41.4 Å². The largest absolute Gasteiger partial charge is 0.478 e. The van der Waals surface area contributed by atoms with Crippen LogP contribution in [0.5, 0.6) is 0 Å². The number of carbonyl (C=O) groups excluding carboxylic acids is 2. The normalized spacial score (nSPS) is 9.91. The Kier molecular flexibility index (Phi) is 4.51. The van der Waals surface area contributed by atoms with Gasteiger partial charge < -0.3 is 14.9 Å². The van der Waals surface area contributed by atoms with E-state index in [2.05, 4.69) is 4.74 Å². The van der Waals surface area contributed by atoms with Crippen LogP contribution in [-0.2, 0) is 4.74 Å². The highest BCUT2D eigenvalue weighted by molar-refractivity contribution is 6.03. The van der Waals surface area contributed by atoms with Gasteiger partial charge in [0.1, 0.15) is 0 Å². The van der Waals surface area contributed by atoms with Crippen molar-refractivity contribution >= 4 is 23.9 Å². The number of carboxylic acid groups (broad SMARTS) is 2. The van der Waals surface area contributed by atoms with Crippen LogP contribution in [0.15, 0.2) is 48.5 Å². The second-order valence-electron chi connectivity index (χ2n) is 4.45. The fourth-order valence-corrected chi connectivity index (χ4v) is 1.73. The zero-order valence-electron chi connectivity index (χ0n) is 11.6. The summed E-state index contributed by atoms with van der Waals surface area (Å²) in [5.41, 5.74) is -0.210. The number of esters is 2. The Labute approximate surface area is 129 Å². The average molecular weight is 314 g/mol. The van der Waals surface area contributed by atoms with Crippen LogP contribution in [0.2, 0.25) is 0 Å². The van der Waals surface area contributed by atoms with Crippen molar-refractivity contribution < 1.29 is 34.1 Å². The van der Waals surface area contributed by atoms with Gasteiger partial charge in [-0.05, 0) is 42.5 Å². The van der Waals surface area contributed by atoms with Gasteiger partial charge in [0.2, 0.25) is 0 Å². The van der Waals surface area contributed by atoms with Crippen LogP contribution in [0.3, 0.4) is 0 Å². The maximum Gasteiger partial charge on any atom is 0.346 e. The first-order valence-corrected chi connectivity index (χ1v) is 6.31. The van der Waals surface area contributed by atoms with Crippen molar-refractivity contribution in [2.75, 3.05) is 0 Å². The molecule has 2 aromatic carbocycles. The molecule has 0 amide bonds. The zero-order valence-corrected chi connectivity index (χ0v) is 11.6. The second-order valence-corrected chi connectivity index (χ2v) is 4.45. The van der Waals surface area contributed by atoms with Gasteiger partial charge in [0.05, 0.1) is 22.3 Å². The minimum atomic E-state index is -1.21. The Balaban J connectivity index is 2.13. The predicted octanol–water partition coefficient (Wildman–Crippen LogP) is 2.08. The lowest BCUT2D eigenvalue weighted by Gasteiger charge is -2.04. The summed E-state index contributed by atoms with van der Waals surface area (Å²) in [5, 5.41) is 17.6. The summed E-state index contributed by atoms with van der Waals surface area (Å²) in [4.78, 5) is 45.2. The molecule has 0 atom stereocenters. The van der Waals surface area contributed by atoms with E-state index in [0.717, 1.165) is 6.07 Å². The number of hydrogen-bond acceptors (Lipinski definition) is 5. The Morgan fingerprint density at radius 2 is 1.13 bits per heavy atom. The number of carbonyl (C=O) groups is 4. The molecule has 0 aromatic heterocycles. The van der Waals surface area contributed by atoms with Crippen LogP contribution in [0, 0.1) is 0 Å². The van der Waals surface area contributed by atoms with Gasteiger partial charge in [-0.2, -0.15) is 0 Å². The second kappa shape index (κ2) is 6.52. The Morgan fingerprint density at radius 1 is 0.652 bits per heavy atom. The molecule has 2 aromatic rings. The summed E-state index contributed by atoms with van der Waals surface area (Å²) >= 11 is 0. The van der Waals surface area contributed by atoms with Crippen molar-refractivity contribution in [1.82, 2.24) is 0 Å². The molecule has 0 unspecified atom stereocenters. The SMILES string of the molecule is O=C(O)c1ccc(C(=O)OC(=O)c2cccc(C(=O)O)c2)cc1. The van der Waals surface area contributed by atoms with E-state index in [1.54, 1.807) is 0 Å². The van der Waals surface area contributed by atoms with Crippen molar-refractivity contribution in [3.63, 3.8) is 0 Å². The molecule has 23 heavy (non-hydrogen) atoms. The first kappa shape index (κ1) is 15.9. The van der Waals surface area contributed by atoms with Crippen LogP contribution < -0.4 is 0 Å². The quantitative estimate of drug-likeness (QED) is 0.655. The number of hydrogen-bond donors (Lipinski definition) is 2. The van der Waals surface area contributed by atoms with Gasteiger partial charge in [-0.1, -0.05) is 6.07 Å². The number of aromatic carboxylic acids is 2. The molecule has 0 bridgehead atoms. The Hall–Kier alpha value is -3.48. The summed E-state index contributed by atoms with van der Waals surface area (Å²) in [5.74, 6) is -4.32. The van der Waals surface area contributed by atoms with Gasteiger partial charge in [0.15, 0.2) is 0 Å². The van der Waals surface area contributed by atoms with Crippen LogP contribution in [0.25, 0.3) is 0 Å². The summed E-state index contributed by atoms with van der Waals surface area (Å²) in [6, 6.07) is 9.89. The summed E-state index contributed by atoms with van der Waals surface area (Å²) in [6.45, 7) is 0. The van der Waals surface area contributed by atoms with Gasteiger partial charge in [0, 0.05) is 0 Å². The van der Waals surface area contributed by atoms with E-state index in [1.165, 1.54) is 42.5 Å². The van der Waals surface area contributed by atoms with Gasteiger partial charge in [-0.3, -0.25) is 0 Å². The average Bonchev–Trinajstić information content (AvgIpc) is 2.54. The van der Waals surface area contributed by atoms with Gasteiger partial charge in [-0.25, -0.2) is 19.2 Å². The third-order valence-corrected chi connectivity index (χ3v) is 2.90. The first-order chi connectivity index (χ1) is 10.9. The van der Waals surface area contributed by atoms with Gasteiger partial charge in [-0.15, -0.1) is 0 Å². The molecular weight excluding hydrogens is 304 g/mol. The summed E-state index contributed by atoms with van der Waals surface area (Å²) in [6.07, 6.45) is 0. The standard InChI is InChI=1S/C16H10O7/c17-13(18)9-4-6-10(7-5-9)15(21)23-16(22)12-3-1-2-11(8-12)14(19)20/h1-8H,(H,17,18)(H,19,20). The molecule has 0 saturated carbocycles. The molecule has 7 nitrogen and oxygen atoms in total. The lowest BCUT2D eigenvalue weighted by atomic mass is 10.1. The molecule has 7 heteroatoms. The Bertz CT molecular complexity index is 790. The fourth-order valence-electron chi connectivity index (χ4n) is 1.73. The smallest absolute Gasteiger partial charge is 0.346 e.